The van der Waals surface area contributed by atoms with Crippen molar-refractivity contribution in [1.82, 2.24) is 14.7 Å². The van der Waals surface area contributed by atoms with Crippen molar-refractivity contribution in [1.29, 1.82) is 0 Å². The number of hydrogen-bond donors (Lipinski definition) is 0. The first-order valence-electron chi connectivity index (χ1n) is 9.78. The fourth-order valence-electron chi connectivity index (χ4n) is 4.68. The quantitative estimate of drug-likeness (QED) is 0.747. The molecule has 1 unspecified atom stereocenters. The van der Waals surface area contributed by atoms with E-state index in [0.717, 1.165) is 39.0 Å². The van der Waals surface area contributed by atoms with E-state index in [2.05, 4.69) is 59.1 Å². The average molecular weight is 360 g/mol. The fraction of sp³-hybridized carbons (Fsp3) is 0.667. The summed E-state index contributed by atoms with van der Waals surface area (Å²) in [5.74, 6) is 0.585. The highest BCUT2D eigenvalue weighted by Crippen LogP contribution is 2.48. The van der Waals surface area contributed by atoms with Crippen LogP contribution in [0, 0.1) is 0 Å². The van der Waals surface area contributed by atoms with E-state index in [1.165, 1.54) is 5.56 Å². The second-order valence-corrected chi connectivity index (χ2v) is 7.95. The minimum atomic E-state index is -0.0500. The molecule has 1 aromatic carbocycles. The molecule has 0 radical (unpaired) electrons. The SMILES string of the molecule is COCCN1C(=O)CC(c2ccccc2)C12CCN(CCN(C)C)CC2. The number of carbonyl (C=O) groups is 1. The Bertz CT molecular complexity index is 582. The van der Waals surface area contributed by atoms with Gasteiger partial charge in [0.25, 0.3) is 0 Å². The van der Waals surface area contributed by atoms with Gasteiger partial charge in [0.05, 0.1) is 12.1 Å². The highest BCUT2D eigenvalue weighted by atomic mass is 16.5. The molecule has 0 bridgehead atoms. The predicted octanol–water partition coefficient (Wildman–Crippen LogP) is 2.05. The van der Waals surface area contributed by atoms with Crippen molar-refractivity contribution in [2.24, 2.45) is 0 Å². The molecule has 0 aromatic heterocycles. The number of benzene rings is 1. The first-order chi connectivity index (χ1) is 12.6. The number of rotatable bonds is 7. The molecule has 0 saturated carbocycles. The number of carbonyl (C=O) groups excluding carboxylic acids is 1. The standard InChI is InChI=1S/C21H33N3O2/c1-22(2)13-14-23-11-9-21(10-12-23)19(18-7-5-4-6-8-18)17-20(25)24(21)15-16-26-3/h4-8,19H,9-17H2,1-3H3. The molecule has 5 heteroatoms. The number of hydrogen-bond acceptors (Lipinski definition) is 4. The molecular weight excluding hydrogens is 326 g/mol. The third kappa shape index (κ3) is 3.95. The zero-order valence-corrected chi connectivity index (χ0v) is 16.5. The molecule has 0 aliphatic carbocycles. The van der Waals surface area contributed by atoms with Crippen LogP contribution in [-0.4, -0.2) is 86.7 Å². The highest BCUT2D eigenvalue weighted by molar-refractivity contribution is 5.81. The van der Waals surface area contributed by atoms with Crippen LogP contribution in [0.15, 0.2) is 30.3 Å². The molecule has 1 aromatic rings. The molecule has 1 spiro atoms. The monoisotopic (exact) mass is 359 g/mol. The summed E-state index contributed by atoms with van der Waals surface area (Å²) in [5, 5.41) is 0. The van der Waals surface area contributed by atoms with Crippen molar-refractivity contribution in [3.05, 3.63) is 35.9 Å². The number of likely N-dealkylation sites (tertiary alicyclic amines) is 2. The van der Waals surface area contributed by atoms with E-state index in [-0.39, 0.29) is 11.4 Å². The Morgan fingerprint density at radius 3 is 2.46 bits per heavy atom. The summed E-state index contributed by atoms with van der Waals surface area (Å²) < 4.78 is 5.30. The molecule has 2 saturated heterocycles. The Labute approximate surface area is 157 Å². The van der Waals surface area contributed by atoms with Crippen LogP contribution >= 0.6 is 0 Å². The Hall–Kier alpha value is -1.43. The maximum Gasteiger partial charge on any atom is 0.223 e. The molecule has 2 fully saturated rings. The lowest BCUT2D eigenvalue weighted by atomic mass is 9.73. The number of nitrogens with zero attached hydrogens (tertiary/aromatic N) is 3. The van der Waals surface area contributed by atoms with Crippen molar-refractivity contribution in [3.8, 4) is 0 Å². The molecule has 2 aliphatic heterocycles. The Balaban J connectivity index is 1.79. The van der Waals surface area contributed by atoms with Gasteiger partial charge in [-0.3, -0.25) is 4.79 Å². The van der Waals surface area contributed by atoms with E-state index in [0.29, 0.717) is 25.5 Å². The molecule has 1 amide bonds. The minimum absolute atomic E-state index is 0.0500. The average Bonchev–Trinajstić information content (AvgIpc) is 2.92. The van der Waals surface area contributed by atoms with E-state index in [1.807, 2.05) is 0 Å². The fourth-order valence-corrected chi connectivity index (χ4v) is 4.68. The largest absolute Gasteiger partial charge is 0.383 e. The van der Waals surface area contributed by atoms with Crippen LogP contribution in [-0.2, 0) is 9.53 Å². The predicted molar refractivity (Wildman–Crippen MR) is 104 cm³/mol. The van der Waals surface area contributed by atoms with Crippen LogP contribution in [0.3, 0.4) is 0 Å². The lowest BCUT2D eigenvalue weighted by Crippen LogP contribution is -2.56. The van der Waals surface area contributed by atoms with E-state index in [4.69, 9.17) is 4.74 Å². The van der Waals surface area contributed by atoms with Crippen LogP contribution < -0.4 is 0 Å². The van der Waals surface area contributed by atoms with Gasteiger partial charge in [-0.1, -0.05) is 30.3 Å². The van der Waals surface area contributed by atoms with E-state index < -0.39 is 0 Å². The topological polar surface area (TPSA) is 36.0 Å². The van der Waals surface area contributed by atoms with Crippen molar-refractivity contribution in [2.45, 2.75) is 30.7 Å². The van der Waals surface area contributed by atoms with Gasteiger partial charge in [0.2, 0.25) is 5.91 Å². The van der Waals surface area contributed by atoms with Gasteiger partial charge >= 0.3 is 0 Å². The molecule has 2 heterocycles. The number of amides is 1. The summed E-state index contributed by atoms with van der Waals surface area (Å²) in [6.07, 6.45) is 2.73. The third-order valence-electron chi connectivity index (χ3n) is 6.17. The number of likely N-dealkylation sites (N-methyl/N-ethyl adjacent to an activating group) is 1. The second-order valence-electron chi connectivity index (χ2n) is 7.95. The van der Waals surface area contributed by atoms with E-state index >= 15 is 0 Å². The van der Waals surface area contributed by atoms with Gasteiger partial charge in [-0.05, 0) is 32.5 Å². The number of piperidine rings is 1. The van der Waals surface area contributed by atoms with E-state index in [1.54, 1.807) is 7.11 Å². The zero-order chi connectivity index (χ0) is 18.6. The Morgan fingerprint density at radius 1 is 1.15 bits per heavy atom. The smallest absolute Gasteiger partial charge is 0.223 e. The third-order valence-corrected chi connectivity index (χ3v) is 6.17. The van der Waals surface area contributed by atoms with Crippen LogP contribution in [0.25, 0.3) is 0 Å². The maximum atomic E-state index is 12.9. The van der Waals surface area contributed by atoms with E-state index in [9.17, 15) is 4.79 Å². The molecule has 26 heavy (non-hydrogen) atoms. The van der Waals surface area contributed by atoms with Gasteiger partial charge in [-0.2, -0.15) is 0 Å². The number of ether oxygens (including phenoxy) is 1. The molecule has 144 valence electrons. The Kier molecular flexibility index (Phi) is 6.33. The van der Waals surface area contributed by atoms with Crippen molar-refractivity contribution in [3.63, 3.8) is 0 Å². The van der Waals surface area contributed by atoms with Crippen molar-refractivity contribution >= 4 is 5.91 Å². The van der Waals surface area contributed by atoms with Crippen molar-refractivity contribution < 1.29 is 9.53 Å². The second kappa shape index (κ2) is 8.51. The van der Waals surface area contributed by atoms with Crippen LogP contribution in [0.2, 0.25) is 0 Å². The lowest BCUT2D eigenvalue weighted by molar-refractivity contribution is -0.133. The summed E-state index contributed by atoms with van der Waals surface area (Å²) >= 11 is 0. The summed E-state index contributed by atoms with van der Waals surface area (Å²) in [5.41, 5.74) is 1.26. The zero-order valence-electron chi connectivity index (χ0n) is 16.5. The highest BCUT2D eigenvalue weighted by Gasteiger charge is 2.53. The summed E-state index contributed by atoms with van der Waals surface area (Å²) in [6.45, 7) is 5.63. The molecule has 1 atom stereocenters. The summed E-state index contributed by atoms with van der Waals surface area (Å²) in [4.78, 5) is 19.8. The van der Waals surface area contributed by atoms with Crippen LogP contribution in [0.5, 0.6) is 0 Å². The Morgan fingerprint density at radius 2 is 1.85 bits per heavy atom. The lowest BCUT2D eigenvalue weighted by Gasteiger charge is -2.48. The molecule has 2 aliphatic rings. The van der Waals surface area contributed by atoms with Crippen LogP contribution in [0.1, 0.15) is 30.7 Å². The summed E-state index contributed by atoms with van der Waals surface area (Å²) in [6, 6.07) is 10.6. The van der Waals surface area contributed by atoms with Gasteiger partial charge in [-0.25, -0.2) is 0 Å². The van der Waals surface area contributed by atoms with Gasteiger partial charge in [0.15, 0.2) is 0 Å². The first kappa shape index (κ1) is 19.3. The molecule has 3 rings (SSSR count). The van der Waals surface area contributed by atoms with Gasteiger partial charge in [-0.15, -0.1) is 0 Å². The molecular formula is C21H33N3O2. The maximum absolute atomic E-state index is 12.9. The minimum Gasteiger partial charge on any atom is -0.383 e. The van der Waals surface area contributed by atoms with Crippen LogP contribution in [0.4, 0.5) is 0 Å². The normalized spacial score (nSPS) is 23.3. The molecule has 0 N–H and O–H groups in total. The first-order valence-corrected chi connectivity index (χ1v) is 9.78. The van der Waals surface area contributed by atoms with Gasteiger partial charge < -0.3 is 19.4 Å². The number of methoxy groups -OCH3 is 1. The summed E-state index contributed by atoms with van der Waals surface area (Å²) in [7, 11) is 5.96. The van der Waals surface area contributed by atoms with Gasteiger partial charge in [0, 0.05) is 52.2 Å². The van der Waals surface area contributed by atoms with Gasteiger partial charge in [0.1, 0.15) is 0 Å². The molecule has 5 nitrogen and oxygen atoms in total. The van der Waals surface area contributed by atoms with Crippen molar-refractivity contribution in [2.75, 3.05) is 60.5 Å².